The van der Waals surface area contributed by atoms with E-state index >= 15 is 0 Å². The molecule has 0 aliphatic rings. The van der Waals surface area contributed by atoms with E-state index in [0.717, 1.165) is 22.4 Å². The Labute approximate surface area is 124 Å². The van der Waals surface area contributed by atoms with Crippen LogP contribution in [0.4, 0.5) is 0 Å². The summed E-state index contributed by atoms with van der Waals surface area (Å²) in [6.07, 6.45) is 7.02. The van der Waals surface area contributed by atoms with Crippen molar-refractivity contribution in [2.75, 3.05) is 6.61 Å². The van der Waals surface area contributed by atoms with Crippen LogP contribution in [-0.4, -0.2) is 22.5 Å². The second-order valence-electron chi connectivity index (χ2n) is 4.52. The summed E-state index contributed by atoms with van der Waals surface area (Å²) in [5.41, 5.74) is 3.95. The second-order valence-corrected chi connectivity index (χ2v) is 4.52. The normalized spacial score (nSPS) is 11.2. The number of esters is 1. The number of hydrogen-bond acceptors (Lipinski definition) is 3. The smallest absolute Gasteiger partial charge is 0.355 e. The molecule has 0 atom stereocenters. The van der Waals surface area contributed by atoms with Crippen LogP contribution in [0.2, 0.25) is 0 Å². The molecule has 0 amide bonds. The van der Waals surface area contributed by atoms with Crippen LogP contribution >= 0.6 is 0 Å². The van der Waals surface area contributed by atoms with Gasteiger partial charge in [-0.3, -0.25) is 4.98 Å². The van der Waals surface area contributed by atoms with E-state index in [1.54, 1.807) is 25.4 Å². The number of rotatable bonds is 5. The van der Waals surface area contributed by atoms with Crippen molar-refractivity contribution in [1.29, 1.82) is 0 Å². The standard InChI is InChI=1S/C17H18N2O2/c1-4-7-12(3)15-10-14(13-8-6-9-18-11-13)16(19-15)17(20)21-5-2/h4,6-11,19H,1,5H2,2-3H3/b12-7+. The van der Waals surface area contributed by atoms with Crippen molar-refractivity contribution >= 4 is 11.5 Å². The van der Waals surface area contributed by atoms with Crippen molar-refractivity contribution in [2.45, 2.75) is 13.8 Å². The van der Waals surface area contributed by atoms with E-state index in [0.29, 0.717) is 12.3 Å². The summed E-state index contributed by atoms with van der Waals surface area (Å²) in [4.78, 5) is 19.4. The van der Waals surface area contributed by atoms with E-state index in [1.165, 1.54) is 0 Å². The molecule has 21 heavy (non-hydrogen) atoms. The monoisotopic (exact) mass is 282 g/mol. The minimum absolute atomic E-state index is 0.334. The largest absolute Gasteiger partial charge is 0.461 e. The number of carbonyl (C=O) groups is 1. The molecule has 0 saturated carbocycles. The molecule has 1 N–H and O–H groups in total. The Kier molecular flexibility index (Phi) is 4.72. The number of nitrogens with zero attached hydrogens (tertiary/aromatic N) is 1. The summed E-state index contributed by atoms with van der Waals surface area (Å²) in [6, 6.07) is 5.68. The predicted molar refractivity (Wildman–Crippen MR) is 83.8 cm³/mol. The first kappa shape index (κ1) is 14.8. The van der Waals surface area contributed by atoms with E-state index < -0.39 is 0 Å². The second kappa shape index (κ2) is 6.70. The number of ether oxygens (including phenoxy) is 1. The maximum absolute atomic E-state index is 12.1. The molecule has 2 aromatic heterocycles. The lowest BCUT2D eigenvalue weighted by atomic mass is 10.1. The first-order valence-corrected chi connectivity index (χ1v) is 6.77. The highest BCUT2D eigenvalue weighted by Crippen LogP contribution is 2.27. The summed E-state index contributed by atoms with van der Waals surface area (Å²) >= 11 is 0. The van der Waals surface area contributed by atoms with Gasteiger partial charge in [-0.05, 0) is 31.6 Å². The zero-order chi connectivity index (χ0) is 15.2. The van der Waals surface area contributed by atoms with Crippen molar-refractivity contribution in [1.82, 2.24) is 9.97 Å². The number of aromatic amines is 1. The van der Waals surface area contributed by atoms with Crippen LogP contribution in [0.5, 0.6) is 0 Å². The van der Waals surface area contributed by atoms with Crippen molar-refractivity contribution < 1.29 is 9.53 Å². The number of allylic oxidation sites excluding steroid dienone is 3. The molecule has 0 aliphatic carbocycles. The summed E-state index contributed by atoms with van der Waals surface area (Å²) in [5.74, 6) is -0.367. The Bertz CT molecular complexity index is 669. The lowest BCUT2D eigenvalue weighted by Gasteiger charge is -2.03. The zero-order valence-electron chi connectivity index (χ0n) is 12.2. The third kappa shape index (κ3) is 3.28. The molecular formula is C17H18N2O2. The number of pyridine rings is 1. The average Bonchev–Trinajstić information content (AvgIpc) is 2.94. The third-order valence-corrected chi connectivity index (χ3v) is 3.06. The molecule has 4 nitrogen and oxygen atoms in total. The summed E-state index contributed by atoms with van der Waals surface area (Å²) in [6.45, 7) is 7.76. The van der Waals surface area contributed by atoms with Gasteiger partial charge in [0, 0.05) is 29.2 Å². The maximum atomic E-state index is 12.1. The van der Waals surface area contributed by atoms with Crippen molar-refractivity contribution in [3.63, 3.8) is 0 Å². The third-order valence-electron chi connectivity index (χ3n) is 3.06. The molecule has 0 unspecified atom stereocenters. The van der Waals surface area contributed by atoms with Gasteiger partial charge in [-0.25, -0.2) is 4.79 Å². The number of hydrogen-bond donors (Lipinski definition) is 1. The van der Waals surface area contributed by atoms with Gasteiger partial charge in [0.1, 0.15) is 5.69 Å². The first-order valence-electron chi connectivity index (χ1n) is 6.77. The Morgan fingerprint density at radius 2 is 2.33 bits per heavy atom. The first-order chi connectivity index (χ1) is 10.2. The molecule has 0 fully saturated rings. The van der Waals surface area contributed by atoms with Gasteiger partial charge in [0.05, 0.1) is 6.61 Å². The Morgan fingerprint density at radius 3 is 2.95 bits per heavy atom. The van der Waals surface area contributed by atoms with E-state index in [-0.39, 0.29) is 5.97 Å². The molecule has 0 bridgehead atoms. The van der Waals surface area contributed by atoms with Crippen molar-refractivity contribution in [3.05, 3.63) is 60.7 Å². The molecule has 0 aromatic carbocycles. The lowest BCUT2D eigenvalue weighted by Crippen LogP contribution is -2.06. The summed E-state index contributed by atoms with van der Waals surface area (Å²) < 4.78 is 5.11. The Hall–Kier alpha value is -2.62. The quantitative estimate of drug-likeness (QED) is 0.669. The molecule has 2 aromatic rings. The van der Waals surface area contributed by atoms with Gasteiger partial charge in [0.15, 0.2) is 0 Å². The molecule has 4 heteroatoms. The van der Waals surface area contributed by atoms with Gasteiger partial charge < -0.3 is 9.72 Å². The minimum Gasteiger partial charge on any atom is -0.461 e. The van der Waals surface area contributed by atoms with Gasteiger partial charge in [0.2, 0.25) is 0 Å². The lowest BCUT2D eigenvalue weighted by molar-refractivity contribution is 0.0521. The fourth-order valence-electron chi connectivity index (χ4n) is 2.05. The molecule has 2 rings (SSSR count). The van der Waals surface area contributed by atoms with E-state index in [4.69, 9.17) is 4.74 Å². The van der Waals surface area contributed by atoms with Crippen LogP contribution in [-0.2, 0) is 4.74 Å². The molecule has 0 aliphatic heterocycles. The number of carbonyl (C=O) groups excluding carboxylic acids is 1. The average molecular weight is 282 g/mol. The molecular weight excluding hydrogens is 264 g/mol. The van der Waals surface area contributed by atoms with E-state index in [1.807, 2.05) is 31.2 Å². The van der Waals surface area contributed by atoms with Crippen LogP contribution in [0.3, 0.4) is 0 Å². The zero-order valence-corrected chi connectivity index (χ0v) is 12.2. The highest BCUT2D eigenvalue weighted by atomic mass is 16.5. The van der Waals surface area contributed by atoms with Crippen molar-refractivity contribution in [3.8, 4) is 11.1 Å². The molecule has 108 valence electrons. The Balaban J connectivity index is 2.53. The summed E-state index contributed by atoms with van der Waals surface area (Å²) in [7, 11) is 0. The molecule has 2 heterocycles. The molecule has 0 saturated heterocycles. The fourth-order valence-corrected chi connectivity index (χ4v) is 2.05. The predicted octanol–water partition coefficient (Wildman–Crippen LogP) is 3.84. The van der Waals surface area contributed by atoms with E-state index in [2.05, 4.69) is 16.5 Å². The highest BCUT2D eigenvalue weighted by molar-refractivity contribution is 5.96. The van der Waals surface area contributed by atoms with Gasteiger partial charge >= 0.3 is 5.97 Å². The van der Waals surface area contributed by atoms with Crippen LogP contribution in [0.15, 0.2) is 49.3 Å². The SMILES string of the molecule is C=C/C=C(\C)c1cc(-c2cccnc2)c(C(=O)OCC)[nH]1. The van der Waals surface area contributed by atoms with Gasteiger partial charge in [-0.15, -0.1) is 0 Å². The highest BCUT2D eigenvalue weighted by Gasteiger charge is 2.18. The number of H-pyrrole nitrogens is 1. The van der Waals surface area contributed by atoms with Crippen LogP contribution in [0.25, 0.3) is 16.7 Å². The molecule has 0 spiro atoms. The minimum atomic E-state index is -0.367. The van der Waals surface area contributed by atoms with Gasteiger partial charge in [0.25, 0.3) is 0 Å². The van der Waals surface area contributed by atoms with Crippen LogP contribution < -0.4 is 0 Å². The summed E-state index contributed by atoms with van der Waals surface area (Å²) in [5, 5.41) is 0. The van der Waals surface area contributed by atoms with Gasteiger partial charge in [-0.1, -0.05) is 24.8 Å². The topological polar surface area (TPSA) is 55.0 Å². The fraction of sp³-hybridized carbons (Fsp3) is 0.176. The van der Waals surface area contributed by atoms with Crippen LogP contribution in [0.1, 0.15) is 30.0 Å². The number of nitrogens with one attached hydrogen (secondary N) is 1. The van der Waals surface area contributed by atoms with Crippen LogP contribution in [0, 0.1) is 0 Å². The van der Waals surface area contributed by atoms with Gasteiger partial charge in [-0.2, -0.15) is 0 Å². The number of aromatic nitrogens is 2. The molecule has 0 radical (unpaired) electrons. The Morgan fingerprint density at radius 1 is 1.52 bits per heavy atom. The van der Waals surface area contributed by atoms with E-state index in [9.17, 15) is 4.79 Å². The van der Waals surface area contributed by atoms with Crippen molar-refractivity contribution in [2.24, 2.45) is 0 Å². The maximum Gasteiger partial charge on any atom is 0.355 e.